The lowest BCUT2D eigenvalue weighted by molar-refractivity contribution is 0.121. The molecule has 218 valence electrons. The number of benzene rings is 3. The molecule has 0 spiro atoms. The molecule has 4 aromatic rings. The van der Waals surface area contributed by atoms with Crippen molar-refractivity contribution >= 4 is 27.5 Å². The first-order chi connectivity index (χ1) is 20.0. The van der Waals surface area contributed by atoms with Crippen molar-refractivity contribution < 1.29 is 9.47 Å². The van der Waals surface area contributed by atoms with E-state index in [4.69, 9.17) is 19.4 Å². The number of nitrogens with zero attached hydrogens (tertiary/aromatic N) is 4. The van der Waals surface area contributed by atoms with Crippen molar-refractivity contribution in [3.63, 3.8) is 0 Å². The highest BCUT2D eigenvalue weighted by atomic mass is 16.5. The van der Waals surface area contributed by atoms with Gasteiger partial charge in [-0.3, -0.25) is 0 Å². The van der Waals surface area contributed by atoms with Gasteiger partial charge >= 0.3 is 0 Å². The lowest BCUT2D eigenvalue weighted by Crippen LogP contribution is -2.47. The van der Waals surface area contributed by atoms with E-state index in [2.05, 4.69) is 71.4 Å². The van der Waals surface area contributed by atoms with E-state index >= 15 is 0 Å². The molecule has 0 amide bonds. The quantitative estimate of drug-likeness (QED) is 0.184. The first-order valence-corrected chi connectivity index (χ1v) is 15.2. The lowest BCUT2D eigenvalue weighted by Gasteiger charge is -2.35. The third kappa shape index (κ3) is 7.46. The fourth-order valence-corrected chi connectivity index (χ4v) is 5.78. The van der Waals surface area contributed by atoms with E-state index in [0.29, 0.717) is 17.3 Å². The van der Waals surface area contributed by atoms with Gasteiger partial charge in [-0.1, -0.05) is 63.1 Å². The molecule has 3 aromatic carbocycles. The van der Waals surface area contributed by atoms with Crippen LogP contribution < -0.4 is 14.8 Å². The zero-order valence-electron chi connectivity index (χ0n) is 25.2. The summed E-state index contributed by atoms with van der Waals surface area (Å²) >= 11 is 0. The maximum atomic E-state index is 5.59. The Bertz CT molecular complexity index is 1430. The molecule has 0 radical (unpaired) electrons. The van der Waals surface area contributed by atoms with Crippen molar-refractivity contribution in [2.24, 2.45) is 5.92 Å². The van der Waals surface area contributed by atoms with Crippen LogP contribution in [-0.2, 0) is 0 Å². The van der Waals surface area contributed by atoms with Crippen LogP contribution in [-0.4, -0.2) is 79.8 Å². The largest absolute Gasteiger partial charge is 0.493 e. The van der Waals surface area contributed by atoms with Gasteiger partial charge in [-0.2, -0.15) is 0 Å². The van der Waals surface area contributed by atoms with Crippen LogP contribution >= 0.6 is 0 Å². The Labute approximate surface area is 244 Å². The van der Waals surface area contributed by atoms with Gasteiger partial charge in [0.15, 0.2) is 17.3 Å². The second kappa shape index (κ2) is 14.0. The second-order valence-electron chi connectivity index (χ2n) is 11.6. The maximum Gasteiger partial charge on any atom is 0.162 e. The number of methoxy groups -OCH3 is 2. The van der Waals surface area contributed by atoms with Crippen LogP contribution in [0.15, 0.2) is 54.6 Å². The average Bonchev–Trinajstić information content (AvgIpc) is 3.00. The van der Waals surface area contributed by atoms with Crippen LogP contribution in [0.5, 0.6) is 11.5 Å². The summed E-state index contributed by atoms with van der Waals surface area (Å²) in [5.41, 5.74) is 1.82. The fraction of sp³-hybridized carbons (Fsp3) is 0.471. The monoisotopic (exact) mass is 555 g/mol. The van der Waals surface area contributed by atoms with E-state index in [1.54, 1.807) is 14.2 Å². The number of nitrogens with one attached hydrogen (secondary N) is 1. The highest BCUT2D eigenvalue weighted by Crippen LogP contribution is 2.35. The van der Waals surface area contributed by atoms with Gasteiger partial charge in [0, 0.05) is 56.3 Å². The van der Waals surface area contributed by atoms with E-state index in [-0.39, 0.29) is 0 Å². The predicted octanol–water partition coefficient (Wildman–Crippen LogP) is 6.71. The smallest absolute Gasteiger partial charge is 0.162 e. The Balaban J connectivity index is 1.21. The van der Waals surface area contributed by atoms with Crippen molar-refractivity contribution in [2.75, 3.05) is 65.3 Å². The van der Waals surface area contributed by atoms with Crippen molar-refractivity contribution in [2.45, 2.75) is 39.5 Å². The first-order valence-electron chi connectivity index (χ1n) is 15.2. The number of fused-ring (bicyclic) bond motifs is 2. The molecule has 1 aliphatic heterocycles. The molecule has 0 aliphatic carbocycles. The molecule has 7 heteroatoms. The Morgan fingerprint density at radius 3 is 2.24 bits per heavy atom. The topological polar surface area (TPSA) is 62.8 Å². The molecule has 0 saturated carbocycles. The van der Waals surface area contributed by atoms with E-state index in [1.807, 2.05) is 12.1 Å². The van der Waals surface area contributed by atoms with Gasteiger partial charge in [0.25, 0.3) is 0 Å². The summed E-state index contributed by atoms with van der Waals surface area (Å²) in [4.78, 5) is 15.2. The predicted molar refractivity (Wildman–Crippen MR) is 170 cm³/mol. The molecule has 1 saturated heterocycles. The van der Waals surface area contributed by atoms with Gasteiger partial charge in [0.2, 0.25) is 0 Å². The molecule has 2 heterocycles. The van der Waals surface area contributed by atoms with Crippen LogP contribution in [0, 0.1) is 5.92 Å². The summed E-state index contributed by atoms with van der Waals surface area (Å²) in [7, 11) is 3.31. The number of hydrogen-bond acceptors (Lipinski definition) is 7. The normalized spacial score (nSPS) is 14.7. The zero-order chi connectivity index (χ0) is 28.6. The summed E-state index contributed by atoms with van der Waals surface area (Å²) in [5.74, 6) is 3.63. The minimum Gasteiger partial charge on any atom is -0.493 e. The number of rotatable bonds is 13. The SMILES string of the molecule is COc1cc2nc(-c3ccc4ccccc4c3)nc(NCCCCCCN3CCN(CC(C)C)CC3)c2cc1OC. The molecular weight excluding hydrogens is 510 g/mol. The fourth-order valence-electron chi connectivity index (χ4n) is 5.78. The Morgan fingerprint density at radius 1 is 0.780 bits per heavy atom. The molecule has 0 atom stereocenters. The van der Waals surface area contributed by atoms with E-state index in [9.17, 15) is 0 Å². The molecule has 5 rings (SSSR count). The lowest BCUT2D eigenvalue weighted by atomic mass is 10.1. The van der Waals surface area contributed by atoms with Crippen LogP contribution in [0.25, 0.3) is 33.1 Å². The zero-order valence-corrected chi connectivity index (χ0v) is 25.2. The van der Waals surface area contributed by atoms with E-state index < -0.39 is 0 Å². The summed E-state index contributed by atoms with van der Waals surface area (Å²) in [5, 5.41) is 6.93. The van der Waals surface area contributed by atoms with Gasteiger partial charge in [-0.15, -0.1) is 0 Å². The summed E-state index contributed by atoms with van der Waals surface area (Å²) in [6.07, 6.45) is 4.83. The van der Waals surface area contributed by atoms with Crippen LogP contribution in [0.1, 0.15) is 39.5 Å². The highest BCUT2D eigenvalue weighted by Gasteiger charge is 2.17. The van der Waals surface area contributed by atoms with Gasteiger partial charge < -0.3 is 24.6 Å². The molecule has 0 unspecified atom stereocenters. The van der Waals surface area contributed by atoms with Crippen LogP contribution in [0.2, 0.25) is 0 Å². The third-order valence-corrected chi connectivity index (χ3v) is 7.99. The molecule has 1 aromatic heterocycles. The number of unbranched alkanes of at least 4 members (excludes halogenated alkanes) is 3. The van der Waals surface area contributed by atoms with Gasteiger partial charge in [-0.05, 0) is 48.2 Å². The maximum absolute atomic E-state index is 5.59. The molecule has 1 fully saturated rings. The van der Waals surface area contributed by atoms with Crippen molar-refractivity contribution in [1.29, 1.82) is 0 Å². The van der Waals surface area contributed by atoms with Crippen molar-refractivity contribution in [3.05, 3.63) is 54.6 Å². The van der Waals surface area contributed by atoms with Crippen molar-refractivity contribution in [1.82, 2.24) is 19.8 Å². The minimum absolute atomic E-state index is 0.662. The second-order valence-corrected chi connectivity index (χ2v) is 11.6. The molecule has 1 N–H and O–H groups in total. The Hall–Kier alpha value is -3.42. The van der Waals surface area contributed by atoms with Gasteiger partial charge in [-0.25, -0.2) is 9.97 Å². The van der Waals surface area contributed by atoms with Crippen LogP contribution in [0.3, 0.4) is 0 Å². The van der Waals surface area contributed by atoms with Gasteiger partial charge in [0.1, 0.15) is 5.82 Å². The Kier molecular flexibility index (Phi) is 9.91. The number of anilines is 1. The molecule has 0 bridgehead atoms. The minimum atomic E-state index is 0.662. The van der Waals surface area contributed by atoms with Crippen LogP contribution in [0.4, 0.5) is 5.82 Å². The standard InChI is InChI=1S/C34H45N5O2/c1-25(2)24-39-19-17-38(18-20-39)16-10-6-5-9-15-35-34-29-22-31(40-3)32(41-4)23-30(29)36-33(37-34)28-14-13-26-11-7-8-12-27(26)21-28/h7-8,11-14,21-23,25H,5-6,9-10,15-20,24H2,1-4H3,(H,35,36,37). The summed E-state index contributed by atoms with van der Waals surface area (Å²) in [6, 6.07) is 18.7. The Morgan fingerprint density at radius 2 is 1.49 bits per heavy atom. The highest BCUT2D eigenvalue weighted by molar-refractivity contribution is 5.94. The molecule has 7 nitrogen and oxygen atoms in total. The number of hydrogen-bond donors (Lipinski definition) is 1. The van der Waals surface area contributed by atoms with Gasteiger partial charge in [0.05, 0.1) is 19.7 Å². The van der Waals surface area contributed by atoms with E-state index in [0.717, 1.165) is 41.2 Å². The number of piperazine rings is 1. The number of ether oxygens (including phenoxy) is 2. The van der Waals surface area contributed by atoms with E-state index in [1.165, 1.54) is 69.3 Å². The first kappa shape index (κ1) is 29.1. The summed E-state index contributed by atoms with van der Waals surface area (Å²) in [6.45, 7) is 12.8. The van der Waals surface area contributed by atoms with Crippen molar-refractivity contribution in [3.8, 4) is 22.9 Å². The third-order valence-electron chi connectivity index (χ3n) is 7.99. The molecule has 1 aliphatic rings. The number of aromatic nitrogens is 2. The average molecular weight is 556 g/mol. The summed E-state index contributed by atoms with van der Waals surface area (Å²) < 4.78 is 11.2. The molecular formula is C34H45N5O2. The molecule has 41 heavy (non-hydrogen) atoms.